The van der Waals surface area contributed by atoms with Crippen molar-refractivity contribution in [1.29, 1.82) is 0 Å². The zero-order valence-corrected chi connectivity index (χ0v) is 13.2. The third kappa shape index (κ3) is 3.55. The van der Waals surface area contributed by atoms with Crippen LogP contribution in [0, 0.1) is 6.92 Å². The molecule has 1 heterocycles. The molecule has 2 rings (SSSR count). The van der Waals surface area contributed by atoms with Crippen molar-refractivity contribution < 1.29 is 14.3 Å². The number of hydrogen-bond donors (Lipinski definition) is 1. The largest absolute Gasteiger partial charge is 0.493 e. The quantitative estimate of drug-likeness (QED) is 0.652. The first-order chi connectivity index (χ1) is 10.0. The van der Waals surface area contributed by atoms with Gasteiger partial charge in [0.25, 0.3) is 0 Å². The average Bonchev–Trinajstić information content (AvgIpc) is 2.90. The molecule has 1 atom stereocenters. The van der Waals surface area contributed by atoms with Gasteiger partial charge in [-0.1, -0.05) is 11.8 Å². The van der Waals surface area contributed by atoms with E-state index >= 15 is 0 Å². The van der Waals surface area contributed by atoms with Crippen molar-refractivity contribution in [3.63, 3.8) is 0 Å². The number of thioether (sulfide) groups is 1. The third-order valence-electron chi connectivity index (χ3n) is 2.90. The Morgan fingerprint density at radius 3 is 2.57 bits per heavy atom. The van der Waals surface area contributed by atoms with Gasteiger partial charge < -0.3 is 9.47 Å². The Hall–Kier alpha value is -2.02. The highest BCUT2D eigenvalue weighted by Gasteiger charge is 2.20. The van der Waals surface area contributed by atoms with Gasteiger partial charge in [0.1, 0.15) is 5.82 Å². The predicted octanol–water partition coefficient (Wildman–Crippen LogP) is 2.49. The first kappa shape index (κ1) is 15.4. The molecule has 6 nitrogen and oxygen atoms in total. The summed E-state index contributed by atoms with van der Waals surface area (Å²) in [5.74, 6) is 1.85. The molecule has 112 valence electrons. The van der Waals surface area contributed by atoms with E-state index in [-0.39, 0.29) is 11.0 Å². The van der Waals surface area contributed by atoms with E-state index < -0.39 is 0 Å². The molecule has 0 aliphatic rings. The van der Waals surface area contributed by atoms with Crippen LogP contribution >= 0.6 is 11.8 Å². The van der Waals surface area contributed by atoms with E-state index in [0.29, 0.717) is 22.2 Å². The van der Waals surface area contributed by atoms with Crippen molar-refractivity contribution >= 4 is 17.5 Å². The van der Waals surface area contributed by atoms with Gasteiger partial charge in [0.05, 0.1) is 19.5 Å². The van der Waals surface area contributed by atoms with Crippen LogP contribution in [0.2, 0.25) is 0 Å². The summed E-state index contributed by atoms with van der Waals surface area (Å²) in [6, 6.07) is 5.13. The highest BCUT2D eigenvalue weighted by atomic mass is 32.2. The molecule has 1 N–H and O–H groups in total. The number of carbonyl (C=O) groups is 1. The predicted molar refractivity (Wildman–Crippen MR) is 80.3 cm³/mol. The maximum absolute atomic E-state index is 12.4. The summed E-state index contributed by atoms with van der Waals surface area (Å²) in [6.45, 7) is 3.65. The minimum Gasteiger partial charge on any atom is -0.493 e. The van der Waals surface area contributed by atoms with Crippen LogP contribution in [0.5, 0.6) is 11.5 Å². The maximum atomic E-state index is 12.4. The lowest BCUT2D eigenvalue weighted by Crippen LogP contribution is -2.14. The van der Waals surface area contributed by atoms with Gasteiger partial charge in [0.2, 0.25) is 5.16 Å². The molecule has 0 saturated carbocycles. The number of aryl methyl sites for hydroxylation is 1. The lowest BCUT2D eigenvalue weighted by Gasteiger charge is -2.11. The Kier molecular flexibility index (Phi) is 4.85. The van der Waals surface area contributed by atoms with E-state index in [0.717, 1.165) is 5.82 Å². The monoisotopic (exact) mass is 307 g/mol. The first-order valence-electron chi connectivity index (χ1n) is 6.37. The number of nitrogens with one attached hydrogen (secondary N) is 1. The van der Waals surface area contributed by atoms with Crippen LogP contribution in [-0.4, -0.2) is 40.4 Å². The molecule has 0 amide bonds. The van der Waals surface area contributed by atoms with Gasteiger partial charge in [0.15, 0.2) is 17.3 Å². The Labute approximate surface area is 127 Å². The van der Waals surface area contributed by atoms with Gasteiger partial charge in [-0.25, -0.2) is 4.98 Å². The van der Waals surface area contributed by atoms with Crippen LogP contribution in [0.1, 0.15) is 23.1 Å². The molecule has 0 fully saturated rings. The van der Waals surface area contributed by atoms with Gasteiger partial charge in [-0.2, -0.15) is 0 Å². The summed E-state index contributed by atoms with van der Waals surface area (Å²) >= 11 is 1.32. The fourth-order valence-corrected chi connectivity index (χ4v) is 2.66. The summed E-state index contributed by atoms with van der Waals surface area (Å²) in [7, 11) is 3.10. The second-order valence-corrected chi connectivity index (χ2v) is 5.71. The highest BCUT2D eigenvalue weighted by molar-refractivity contribution is 8.00. The Bertz CT molecular complexity index is 642. The SMILES string of the molecule is COc1ccc(C(=O)C(C)Sc2n[nH]c(C)n2)cc1OC. The van der Waals surface area contributed by atoms with Crippen molar-refractivity contribution in [2.45, 2.75) is 24.3 Å². The number of benzene rings is 1. The van der Waals surface area contributed by atoms with Crippen LogP contribution < -0.4 is 9.47 Å². The molecule has 0 aliphatic heterocycles. The number of aromatic nitrogens is 3. The Morgan fingerprint density at radius 1 is 1.29 bits per heavy atom. The van der Waals surface area contributed by atoms with Crippen molar-refractivity contribution in [2.75, 3.05) is 14.2 Å². The minimum absolute atomic E-state index is 0.0107. The summed E-state index contributed by atoms with van der Waals surface area (Å²) < 4.78 is 10.4. The second kappa shape index (κ2) is 6.62. The Balaban J connectivity index is 2.15. The molecule has 2 aromatic rings. The average molecular weight is 307 g/mol. The molecule has 1 aromatic carbocycles. The van der Waals surface area contributed by atoms with Crippen molar-refractivity contribution in [1.82, 2.24) is 15.2 Å². The number of rotatable bonds is 6. The van der Waals surface area contributed by atoms with Crippen LogP contribution in [0.3, 0.4) is 0 Å². The van der Waals surface area contributed by atoms with Crippen LogP contribution in [-0.2, 0) is 0 Å². The summed E-state index contributed by atoms with van der Waals surface area (Å²) in [4.78, 5) is 16.6. The van der Waals surface area contributed by atoms with Crippen LogP contribution in [0.15, 0.2) is 23.4 Å². The second-order valence-electron chi connectivity index (χ2n) is 4.40. The topological polar surface area (TPSA) is 77.1 Å². The molecule has 0 radical (unpaired) electrons. The van der Waals surface area contributed by atoms with E-state index in [2.05, 4.69) is 15.2 Å². The molecule has 21 heavy (non-hydrogen) atoms. The molecular formula is C14H17N3O3S. The fourth-order valence-electron chi connectivity index (χ4n) is 1.81. The normalized spacial score (nSPS) is 12.0. The maximum Gasteiger partial charge on any atom is 0.209 e. The summed E-state index contributed by atoms with van der Waals surface area (Å²) in [5, 5.41) is 7.05. The zero-order chi connectivity index (χ0) is 15.4. The van der Waals surface area contributed by atoms with E-state index in [1.807, 2.05) is 13.8 Å². The van der Waals surface area contributed by atoms with E-state index in [1.54, 1.807) is 32.4 Å². The van der Waals surface area contributed by atoms with Crippen molar-refractivity contribution in [3.05, 3.63) is 29.6 Å². The first-order valence-corrected chi connectivity index (χ1v) is 7.25. The number of aromatic amines is 1. The number of methoxy groups -OCH3 is 2. The molecule has 0 saturated heterocycles. The smallest absolute Gasteiger partial charge is 0.209 e. The van der Waals surface area contributed by atoms with Gasteiger partial charge in [0, 0.05) is 5.56 Å². The lowest BCUT2D eigenvalue weighted by molar-refractivity contribution is 0.0993. The molecule has 7 heteroatoms. The lowest BCUT2D eigenvalue weighted by atomic mass is 10.1. The van der Waals surface area contributed by atoms with E-state index in [1.165, 1.54) is 11.8 Å². The van der Waals surface area contributed by atoms with E-state index in [4.69, 9.17) is 9.47 Å². The van der Waals surface area contributed by atoms with Gasteiger partial charge >= 0.3 is 0 Å². The molecular weight excluding hydrogens is 290 g/mol. The van der Waals surface area contributed by atoms with Crippen LogP contribution in [0.4, 0.5) is 0 Å². The fraction of sp³-hybridized carbons (Fsp3) is 0.357. The molecule has 1 aromatic heterocycles. The minimum atomic E-state index is -0.293. The third-order valence-corrected chi connectivity index (χ3v) is 3.86. The summed E-state index contributed by atoms with van der Waals surface area (Å²) in [6.07, 6.45) is 0. The number of ketones is 1. The Morgan fingerprint density at radius 2 is 2.00 bits per heavy atom. The zero-order valence-electron chi connectivity index (χ0n) is 12.3. The molecule has 0 bridgehead atoms. The number of ether oxygens (including phenoxy) is 2. The molecule has 0 aliphatic carbocycles. The van der Waals surface area contributed by atoms with Crippen LogP contribution in [0.25, 0.3) is 0 Å². The van der Waals surface area contributed by atoms with E-state index in [9.17, 15) is 4.79 Å². The number of Topliss-reactive ketones (excluding diaryl/α,β-unsaturated/α-hetero) is 1. The van der Waals surface area contributed by atoms with Gasteiger partial charge in [-0.15, -0.1) is 5.10 Å². The standard InChI is InChI=1S/C14H17N3O3S/c1-8(21-14-15-9(2)16-17-14)13(18)10-5-6-11(19-3)12(7-10)20-4/h5-8H,1-4H3,(H,15,16,17). The van der Waals surface area contributed by atoms with Crippen molar-refractivity contribution in [3.8, 4) is 11.5 Å². The summed E-state index contributed by atoms with van der Waals surface area (Å²) in [5.41, 5.74) is 0.569. The highest BCUT2D eigenvalue weighted by Crippen LogP contribution is 2.30. The molecule has 0 spiro atoms. The number of hydrogen-bond acceptors (Lipinski definition) is 6. The van der Waals surface area contributed by atoms with Crippen molar-refractivity contribution in [2.24, 2.45) is 0 Å². The van der Waals surface area contributed by atoms with Gasteiger partial charge in [-0.3, -0.25) is 9.89 Å². The number of carbonyl (C=O) groups excluding carboxylic acids is 1. The molecule has 1 unspecified atom stereocenters. The number of nitrogens with zero attached hydrogens (tertiary/aromatic N) is 2. The number of H-pyrrole nitrogens is 1. The van der Waals surface area contributed by atoms with Gasteiger partial charge in [-0.05, 0) is 32.0 Å².